The molecule has 20 heavy (non-hydrogen) atoms. The molecule has 0 saturated heterocycles. The molecule has 0 amide bonds. The standard InChI is InChI=1S/C12H20N2O4S2/c1-4-19(15,16)10-9-13-11-5-7-12(8-6-11)20(17,18)14(2)3/h5-8,13H,4,9-10H2,1-3H3. The van der Waals surface area contributed by atoms with Crippen LogP contribution in [0.4, 0.5) is 5.69 Å². The first-order valence-electron chi connectivity index (χ1n) is 6.16. The van der Waals surface area contributed by atoms with Crippen LogP contribution in [0.1, 0.15) is 6.92 Å². The first-order chi connectivity index (χ1) is 9.19. The van der Waals surface area contributed by atoms with E-state index in [-0.39, 0.29) is 16.4 Å². The molecule has 0 unspecified atom stereocenters. The van der Waals surface area contributed by atoms with E-state index in [2.05, 4.69) is 5.32 Å². The molecule has 1 aromatic carbocycles. The van der Waals surface area contributed by atoms with E-state index in [4.69, 9.17) is 0 Å². The van der Waals surface area contributed by atoms with Crippen LogP contribution in [0.2, 0.25) is 0 Å². The van der Waals surface area contributed by atoms with Crippen molar-refractivity contribution in [2.24, 2.45) is 0 Å². The van der Waals surface area contributed by atoms with Crippen LogP contribution in [0.3, 0.4) is 0 Å². The molecule has 1 rings (SSSR count). The van der Waals surface area contributed by atoms with E-state index in [0.29, 0.717) is 12.2 Å². The molecule has 114 valence electrons. The Labute approximate surface area is 120 Å². The third-order valence-corrected chi connectivity index (χ3v) is 6.35. The molecule has 0 spiro atoms. The molecule has 8 heteroatoms. The first kappa shape index (κ1) is 16.9. The van der Waals surface area contributed by atoms with Crippen LogP contribution < -0.4 is 5.32 Å². The lowest BCUT2D eigenvalue weighted by Gasteiger charge is -2.12. The van der Waals surface area contributed by atoms with Gasteiger partial charge in [0.25, 0.3) is 0 Å². The van der Waals surface area contributed by atoms with Gasteiger partial charge in [-0.2, -0.15) is 0 Å². The Morgan fingerprint density at radius 3 is 2.05 bits per heavy atom. The third-order valence-electron chi connectivity index (χ3n) is 2.81. The lowest BCUT2D eigenvalue weighted by Crippen LogP contribution is -2.22. The molecular weight excluding hydrogens is 300 g/mol. The Kier molecular flexibility index (Phi) is 5.55. The maximum absolute atomic E-state index is 11.9. The molecule has 0 aliphatic carbocycles. The second-order valence-corrected chi connectivity index (χ2v) is 9.10. The van der Waals surface area contributed by atoms with Gasteiger partial charge >= 0.3 is 0 Å². The highest BCUT2D eigenvalue weighted by Crippen LogP contribution is 2.16. The van der Waals surface area contributed by atoms with Gasteiger partial charge in [0.2, 0.25) is 10.0 Å². The lowest BCUT2D eigenvalue weighted by atomic mass is 10.3. The van der Waals surface area contributed by atoms with E-state index in [9.17, 15) is 16.8 Å². The van der Waals surface area contributed by atoms with Crippen LogP contribution in [0.15, 0.2) is 29.2 Å². The minimum absolute atomic E-state index is 0.0568. The number of benzene rings is 1. The summed E-state index contributed by atoms with van der Waals surface area (Å²) in [5.74, 6) is 0.177. The van der Waals surface area contributed by atoms with Crippen LogP contribution in [0.5, 0.6) is 0 Å². The predicted molar refractivity (Wildman–Crippen MR) is 80.1 cm³/mol. The van der Waals surface area contributed by atoms with Crippen molar-refractivity contribution < 1.29 is 16.8 Å². The van der Waals surface area contributed by atoms with Gasteiger partial charge in [0.05, 0.1) is 10.6 Å². The Morgan fingerprint density at radius 2 is 1.60 bits per heavy atom. The number of sulfone groups is 1. The zero-order valence-electron chi connectivity index (χ0n) is 11.8. The van der Waals surface area contributed by atoms with E-state index < -0.39 is 19.9 Å². The van der Waals surface area contributed by atoms with Crippen molar-refractivity contribution in [3.63, 3.8) is 0 Å². The maximum atomic E-state index is 11.9. The molecule has 0 atom stereocenters. The van der Waals surface area contributed by atoms with Crippen molar-refractivity contribution in [3.8, 4) is 0 Å². The fourth-order valence-corrected chi connectivity index (χ4v) is 3.05. The molecular formula is C12H20N2O4S2. The predicted octanol–water partition coefficient (Wildman–Crippen LogP) is 0.784. The molecule has 0 radical (unpaired) electrons. The van der Waals surface area contributed by atoms with Crippen molar-refractivity contribution in [1.82, 2.24) is 4.31 Å². The Bertz CT molecular complexity index is 635. The van der Waals surface area contributed by atoms with E-state index in [1.807, 2.05) is 0 Å². The molecule has 1 N–H and O–H groups in total. The van der Waals surface area contributed by atoms with Crippen LogP contribution >= 0.6 is 0 Å². The van der Waals surface area contributed by atoms with E-state index in [1.165, 1.54) is 26.2 Å². The van der Waals surface area contributed by atoms with Crippen LogP contribution in [-0.2, 0) is 19.9 Å². The van der Waals surface area contributed by atoms with Gasteiger partial charge in [0, 0.05) is 32.1 Å². The third kappa shape index (κ3) is 4.46. The number of nitrogens with one attached hydrogen (secondary N) is 1. The number of rotatable bonds is 7. The van der Waals surface area contributed by atoms with Gasteiger partial charge in [0.1, 0.15) is 0 Å². The molecule has 0 aromatic heterocycles. The monoisotopic (exact) mass is 320 g/mol. The molecule has 0 aliphatic rings. The van der Waals surface area contributed by atoms with Gasteiger partial charge in [-0.15, -0.1) is 0 Å². The minimum atomic E-state index is -3.43. The van der Waals surface area contributed by atoms with E-state index >= 15 is 0 Å². The Hall–Kier alpha value is -1.12. The maximum Gasteiger partial charge on any atom is 0.242 e. The largest absolute Gasteiger partial charge is 0.384 e. The molecule has 0 saturated carbocycles. The van der Waals surface area contributed by atoms with Gasteiger partial charge in [-0.05, 0) is 24.3 Å². The summed E-state index contributed by atoms with van der Waals surface area (Å²) >= 11 is 0. The van der Waals surface area contributed by atoms with Crippen molar-refractivity contribution in [3.05, 3.63) is 24.3 Å². The van der Waals surface area contributed by atoms with Gasteiger partial charge in [0.15, 0.2) is 9.84 Å². The summed E-state index contributed by atoms with van der Waals surface area (Å²) < 4.78 is 47.5. The SMILES string of the molecule is CCS(=O)(=O)CCNc1ccc(S(=O)(=O)N(C)C)cc1. The first-order valence-corrected chi connectivity index (χ1v) is 9.42. The highest BCUT2D eigenvalue weighted by molar-refractivity contribution is 7.91. The summed E-state index contributed by atoms with van der Waals surface area (Å²) in [7, 11) is -3.49. The van der Waals surface area contributed by atoms with Crippen molar-refractivity contribution >= 4 is 25.5 Å². The molecule has 0 fully saturated rings. The van der Waals surface area contributed by atoms with E-state index in [0.717, 1.165) is 4.31 Å². The summed E-state index contributed by atoms with van der Waals surface area (Å²) in [4.78, 5) is 0.203. The zero-order chi connectivity index (χ0) is 15.4. The zero-order valence-corrected chi connectivity index (χ0v) is 13.5. The molecule has 1 aromatic rings. The van der Waals surface area contributed by atoms with Crippen LogP contribution in [0.25, 0.3) is 0 Å². The summed E-state index contributed by atoms with van der Waals surface area (Å²) in [5, 5.41) is 2.96. The highest BCUT2D eigenvalue weighted by Gasteiger charge is 2.16. The molecule has 0 bridgehead atoms. The number of nitrogens with zero attached hydrogens (tertiary/aromatic N) is 1. The Morgan fingerprint density at radius 1 is 1.05 bits per heavy atom. The Balaban J connectivity index is 2.69. The topological polar surface area (TPSA) is 83.5 Å². The number of sulfonamides is 1. The summed E-state index contributed by atoms with van der Waals surface area (Å²) in [6.07, 6.45) is 0. The van der Waals surface area contributed by atoms with Gasteiger partial charge in [-0.25, -0.2) is 21.1 Å². The summed E-state index contributed by atoms with van der Waals surface area (Å²) in [5.41, 5.74) is 0.689. The number of anilines is 1. The second kappa shape index (κ2) is 6.55. The number of hydrogen-bond acceptors (Lipinski definition) is 5. The fraction of sp³-hybridized carbons (Fsp3) is 0.500. The quantitative estimate of drug-likeness (QED) is 0.803. The second-order valence-electron chi connectivity index (χ2n) is 4.47. The van der Waals surface area contributed by atoms with E-state index in [1.54, 1.807) is 19.1 Å². The van der Waals surface area contributed by atoms with Crippen LogP contribution in [-0.4, -0.2) is 53.3 Å². The van der Waals surface area contributed by atoms with Crippen LogP contribution in [0, 0.1) is 0 Å². The normalized spacial score (nSPS) is 12.6. The molecule has 0 heterocycles. The van der Waals surface area contributed by atoms with Crippen molar-refractivity contribution in [1.29, 1.82) is 0 Å². The average Bonchev–Trinajstić information content (AvgIpc) is 2.39. The highest BCUT2D eigenvalue weighted by atomic mass is 32.2. The van der Waals surface area contributed by atoms with Gasteiger partial charge < -0.3 is 5.32 Å². The lowest BCUT2D eigenvalue weighted by molar-refractivity contribution is 0.521. The smallest absolute Gasteiger partial charge is 0.242 e. The van der Waals surface area contributed by atoms with Crippen molar-refractivity contribution in [2.75, 3.05) is 37.5 Å². The summed E-state index contributed by atoms with van der Waals surface area (Å²) in [6, 6.07) is 6.22. The van der Waals surface area contributed by atoms with Gasteiger partial charge in [-0.3, -0.25) is 0 Å². The summed E-state index contributed by atoms with van der Waals surface area (Å²) in [6.45, 7) is 1.91. The number of hydrogen-bond donors (Lipinski definition) is 1. The minimum Gasteiger partial charge on any atom is -0.384 e. The van der Waals surface area contributed by atoms with Crippen molar-refractivity contribution in [2.45, 2.75) is 11.8 Å². The molecule has 6 nitrogen and oxygen atoms in total. The molecule has 0 aliphatic heterocycles. The van der Waals surface area contributed by atoms with Gasteiger partial charge in [-0.1, -0.05) is 6.92 Å². The fourth-order valence-electron chi connectivity index (χ4n) is 1.45. The average molecular weight is 320 g/mol.